The zero-order valence-corrected chi connectivity index (χ0v) is 11.9. The quantitative estimate of drug-likeness (QED) is 0.652. The number of hydrogen-bond donors (Lipinski definition) is 1. The summed E-state index contributed by atoms with van der Waals surface area (Å²) in [7, 11) is 1.55. The van der Waals surface area contributed by atoms with Crippen LogP contribution in [0, 0.1) is 0 Å². The van der Waals surface area contributed by atoms with Crippen LogP contribution in [0.5, 0.6) is 0 Å². The summed E-state index contributed by atoms with van der Waals surface area (Å²) >= 11 is 1.35. The van der Waals surface area contributed by atoms with Crippen LogP contribution < -0.4 is 5.32 Å². The first-order valence-corrected chi connectivity index (χ1v) is 6.93. The molecule has 0 aliphatic rings. The fraction of sp³-hybridized carbons (Fsp3) is 0.286. The highest BCUT2D eigenvalue weighted by Crippen LogP contribution is 2.25. The van der Waals surface area contributed by atoms with Gasteiger partial charge < -0.3 is 14.8 Å². The Kier molecular flexibility index (Phi) is 5.09. The lowest BCUT2D eigenvalue weighted by Gasteiger charge is -2.04. The van der Waals surface area contributed by atoms with E-state index in [1.54, 1.807) is 13.2 Å². The number of fused-ring (bicyclic) bond motifs is 1. The molecule has 0 aliphatic carbocycles. The molecule has 0 bridgehead atoms. The average Bonchev–Trinajstić information content (AvgIpc) is 2.89. The van der Waals surface area contributed by atoms with Gasteiger partial charge >= 0.3 is 5.97 Å². The third kappa shape index (κ3) is 3.79. The molecule has 0 spiro atoms. The predicted octanol–water partition coefficient (Wildman–Crippen LogP) is 1.82. The highest BCUT2D eigenvalue weighted by atomic mass is 32.1. The lowest BCUT2D eigenvalue weighted by Crippen LogP contribution is -2.31. The molecule has 1 aromatic heterocycles. The molecular weight excluding hydrogens is 278 g/mol. The molecule has 0 unspecified atom stereocenters. The number of rotatable bonds is 6. The minimum atomic E-state index is -0.479. The largest absolute Gasteiger partial charge is 0.451 e. The highest BCUT2D eigenvalue weighted by molar-refractivity contribution is 7.20. The van der Waals surface area contributed by atoms with E-state index in [1.165, 1.54) is 11.3 Å². The van der Waals surface area contributed by atoms with E-state index in [0.717, 1.165) is 10.1 Å². The number of hydrogen-bond acceptors (Lipinski definition) is 5. The summed E-state index contributed by atoms with van der Waals surface area (Å²) in [5.74, 6) is -0.815. The van der Waals surface area contributed by atoms with Gasteiger partial charge in [-0.1, -0.05) is 18.2 Å². The molecule has 2 rings (SSSR count). The van der Waals surface area contributed by atoms with Crippen molar-refractivity contribution in [3.63, 3.8) is 0 Å². The molecule has 1 amide bonds. The van der Waals surface area contributed by atoms with Gasteiger partial charge in [0.05, 0.1) is 6.61 Å². The molecule has 1 N–H and O–H groups in total. The molecule has 0 saturated heterocycles. The summed E-state index contributed by atoms with van der Waals surface area (Å²) in [6, 6.07) is 9.46. The monoisotopic (exact) mass is 293 g/mol. The van der Waals surface area contributed by atoms with E-state index in [0.29, 0.717) is 18.0 Å². The minimum Gasteiger partial charge on any atom is -0.451 e. The Hall–Kier alpha value is -1.92. The summed E-state index contributed by atoms with van der Waals surface area (Å²) < 4.78 is 10.8. The number of benzene rings is 1. The fourth-order valence-corrected chi connectivity index (χ4v) is 2.58. The zero-order chi connectivity index (χ0) is 14.4. The number of thiophene rings is 1. The summed E-state index contributed by atoms with van der Waals surface area (Å²) in [5, 5.41) is 3.57. The normalized spacial score (nSPS) is 10.4. The lowest BCUT2D eigenvalue weighted by molar-refractivity contribution is -0.124. The van der Waals surface area contributed by atoms with Gasteiger partial charge in [0.2, 0.25) is 0 Å². The number of ether oxygens (including phenoxy) is 2. The first-order valence-electron chi connectivity index (χ1n) is 6.12. The molecule has 1 heterocycles. The first kappa shape index (κ1) is 14.5. The van der Waals surface area contributed by atoms with Crippen molar-refractivity contribution in [2.45, 2.75) is 0 Å². The molecule has 0 atom stereocenters. The predicted molar refractivity (Wildman–Crippen MR) is 77.0 cm³/mol. The topological polar surface area (TPSA) is 64.6 Å². The first-order chi connectivity index (χ1) is 9.70. The van der Waals surface area contributed by atoms with Crippen molar-refractivity contribution in [2.75, 3.05) is 26.9 Å². The van der Waals surface area contributed by atoms with Crippen molar-refractivity contribution >= 4 is 33.3 Å². The summed E-state index contributed by atoms with van der Waals surface area (Å²) in [5.41, 5.74) is 0. The van der Waals surface area contributed by atoms with E-state index in [4.69, 9.17) is 9.47 Å². The number of nitrogens with one attached hydrogen (secondary N) is 1. The molecule has 5 nitrogen and oxygen atoms in total. The Labute approximate surface area is 120 Å². The van der Waals surface area contributed by atoms with Gasteiger partial charge in [0, 0.05) is 18.4 Å². The van der Waals surface area contributed by atoms with Crippen LogP contribution in [-0.4, -0.2) is 38.7 Å². The van der Waals surface area contributed by atoms with Crippen molar-refractivity contribution in [2.24, 2.45) is 0 Å². The van der Waals surface area contributed by atoms with Crippen LogP contribution in [0.2, 0.25) is 0 Å². The number of methoxy groups -OCH3 is 1. The Morgan fingerprint density at radius 1 is 1.30 bits per heavy atom. The number of amides is 1. The van der Waals surface area contributed by atoms with Crippen molar-refractivity contribution in [3.8, 4) is 0 Å². The van der Waals surface area contributed by atoms with Gasteiger partial charge in [0.15, 0.2) is 6.61 Å². The molecule has 0 radical (unpaired) electrons. The average molecular weight is 293 g/mol. The van der Waals surface area contributed by atoms with Gasteiger partial charge in [0.25, 0.3) is 5.91 Å². The van der Waals surface area contributed by atoms with Gasteiger partial charge in [-0.2, -0.15) is 0 Å². The Bertz CT molecular complexity index is 575. The van der Waals surface area contributed by atoms with Crippen molar-refractivity contribution in [1.29, 1.82) is 0 Å². The minimum absolute atomic E-state index is 0.281. The van der Waals surface area contributed by atoms with E-state index in [1.807, 2.05) is 24.3 Å². The molecule has 0 fully saturated rings. The summed E-state index contributed by atoms with van der Waals surface area (Å²) in [4.78, 5) is 23.7. The van der Waals surface area contributed by atoms with Crippen LogP contribution in [0.25, 0.3) is 10.1 Å². The van der Waals surface area contributed by atoms with Crippen LogP contribution in [0.15, 0.2) is 30.3 Å². The van der Waals surface area contributed by atoms with Gasteiger partial charge in [0.1, 0.15) is 4.88 Å². The summed E-state index contributed by atoms with van der Waals surface area (Å²) in [6.07, 6.45) is 0. The highest BCUT2D eigenvalue weighted by Gasteiger charge is 2.13. The second kappa shape index (κ2) is 7.02. The van der Waals surface area contributed by atoms with Crippen molar-refractivity contribution in [3.05, 3.63) is 35.2 Å². The van der Waals surface area contributed by atoms with E-state index < -0.39 is 5.97 Å². The third-order valence-corrected chi connectivity index (χ3v) is 3.69. The second-order valence-corrected chi connectivity index (χ2v) is 5.15. The standard InChI is InChI=1S/C14H15NO4S/c1-18-7-6-15-13(16)9-19-14(17)12-8-10-4-2-3-5-11(10)20-12/h2-5,8H,6-7,9H2,1H3,(H,15,16). The number of carbonyl (C=O) groups is 2. The Balaban J connectivity index is 1.87. The van der Waals surface area contributed by atoms with Gasteiger partial charge in [-0.25, -0.2) is 4.79 Å². The molecule has 20 heavy (non-hydrogen) atoms. The maximum absolute atomic E-state index is 11.8. The van der Waals surface area contributed by atoms with Crippen LogP contribution in [-0.2, 0) is 14.3 Å². The van der Waals surface area contributed by atoms with Gasteiger partial charge in [-0.3, -0.25) is 4.79 Å². The molecule has 0 saturated carbocycles. The van der Waals surface area contributed by atoms with Crippen LogP contribution >= 0.6 is 11.3 Å². The molecule has 6 heteroatoms. The second-order valence-electron chi connectivity index (χ2n) is 4.07. The fourth-order valence-electron chi connectivity index (χ4n) is 1.63. The Morgan fingerprint density at radius 3 is 2.85 bits per heavy atom. The van der Waals surface area contributed by atoms with Crippen molar-refractivity contribution < 1.29 is 19.1 Å². The maximum atomic E-state index is 11.8. The van der Waals surface area contributed by atoms with Crippen molar-refractivity contribution in [1.82, 2.24) is 5.32 Å². The lowest BCUT2D eigenvalue weighted by atomic mass is 10.2. The summed E-state index contributed by atoms with van der Waals surface area (Å²) in [6.45, 7) is 0.544. The van der Waals surface area contributed by atoms with E-state index >= 15 is 0 Å². The van der Waals surface area contributed by atoms with Crippen LogP contribution in [0.4, 0.5) is 0 Å². The molecule has 106 valence electrons. The third-order valence-electron chi connectivity index (χ3n) is 2.59. The van der Waals surface area contributed by atoms with Crippen LogP contribution in [0.1, 0.15) is 9.67 Å². The van der Waals surface area contributed by atoms with Gasteiger partial charge in [-0.05, 0) is 17.5 Å². The van der Waals surface area contributed by atoms with E-state index in [-0.39, 0.29) is 12.5 Å². The zero-order valence-electron chi connectivity index (χ0n) is 11.0. The smallest absolute Gasteiger partial charge is 0.348 e. The molecule has 0 aliphatic heterocycles. The molecular formula is C14H15NO4S. The van der Waals surface area contributed by atoms with Gasteiger partial charge in [-0.15, -0.1) is 11.3 Å². The molecule has 1 aromatic carbocycles. The van der Waals surface area contributed by atoms with E-state index in [9.17, 15) is 9.59 Å². The van der Waals surface area contributed by atoms with E-state index in [2.05, 4.69) is 5.32 Å². The SMILES string of the molecule is COCCNC(=O)COC(=O)c1cc2ccccc2s1. The van der Waals surface area contributed by atoms with Crippen LogP contribution in [0.3, 0.4) is 0 Å². The molecule has 2 aromatic rings. The number of esters is 1. The number of carbonyl (C=O) groups excluding carboxylic acids is 2. The maximum Gasteiger partial charge on any atom is 0.348 e. The Morgan fingerprint density at radius 2 is 2.10 bits per heavy atom.